The third kappa shape index (κ3) is 6.15. The molecule has 7 nitrogen and oxygen atoms in total. The summed E-state index contributed by atoms with van der Waals surface area (Å²) in [6.45, 7) is 11.8. The molecule has 0 aromatic heterocycles. The van der Waals surface area contributed by atoms with Crippen molar-refractivity contribution in [3.63, 3.8) is 0 Å². The highest BCUT2D eigenvalue weighted by molar-refractivity contribution is 6.62. The lowest BCUT2D eigenvalue weighted by Gasteiger charge is -2.32. The third-order valence-electron chi connectivity index (χ3n) is 6.11. The Morgan fingerprint density at radius 1 is 0.970 bits per heavy atom. The highest BCUT2D eigenvalue weighted by Crippen LogP contribution is 2.36. The molecular weight excluding hydrogens is 419 g/mol. The van der Waals surface area contributed by atoms with E-state index in [1.54, 1.807) is 6.07 Å². The van der Waals surface area contributed by atoms with Crippen LogP contribution in [-0.4, -0.2) is 36.4 Å². The molecule has 1 aliphatic heterocycles. The van der Waals surface area contributed by atoms with Crippen LogP contribution >= 0.6 is 0 Å². The van der Waals surface area contributed by atoms with Crippen molar-refractivity contribution in [2.24, 2.45) is 5.92 Å². The Hall–Kier alpha value is -2.84. The van der Waals surface area contributed by atoms with Gasteiger partial charge in [-0.2, -0.15) is 0 Å². The van der Waals surface area contributed by atoms with Gasteiger partial charge in [-0.3, -0.25) is 4.79 Å². The second-order valence-electron chi connectivity index (χ2n) is 9.63. The number of rotatable bonds is 7. The van der Waals surface area contributed by atoms with Gasteiger partial charge in [0.25, 0.3) is 0 Å². The molecule has 0 spiro atoms. The fourth-order valence-electron chi connectivity index (χ4n) is 3.39. The molecule has 1 saturated heterocycles. The van der Waals surface area contributed by atoms with Crippen LogP contribution in [0.2, 0.25) is 0 Å². The summed E-state index contributed by atoms with van der Waals surface area (Å²) in [7, 11) is -0.529. The van der Waals surface area contributed by atoms with E-state index < -0.39 is 30.5 Å². The molecule has 33 heavy (non-hydrogen) atoms. The molecule has 0 saturated carbocycles. The number of nitrogens with one attached hydrogen (secondary N) is 2. The molecule has 1 unspecified atom stereocenters. The van der Waals surface area contributed by atoms with E-state index in [9.17, 15) is 9.59 Å². The Labute approximate surface area is 196 Å². The van der Waals surface area contributed by atoms with Crippen LogP contribution in [0.15, 0.2) is 54.6 Å². The minimum Gasteiger partial charge on any atom is -0.445 e. The maximum absolute atomic E-state index is 13.0. The second kappa shape index (κ2) is 9.97. The van der Waals surface area contributed by atoms with E-state index in [-0.39, 0.29) is 18.4 Å². The first-order chi connectivity index (χ1) is 15.5. The normalized spacial score (nSPS) is 17.5. The SMILES string of the molecule is CC(C)C(NC(=O)OCc1ccccc1)C(=O)Nc1cccc(B2OC(C)(C)C(C)(C)O2)c1. The van der Waals surface area contributed by atoms with Crippen molar-refractivity contribution >= 4 is 30.3 Å². The Morgan fingerprint density at radius 3 is 2.21 bits per heavy atom. The van der Waals surface area contributed by atoms with Gasteiger partial charge in [-0.15, -0.1) is 0 Å². The quantitative estimate of drug-likeness (QED) is 0.623. The summed E-state index contributed by atoms with van der Waals surface area (Å²) in [5.74, 6) is -0.465. The Morgan fingerprint density at radius 2 is 1.61 bits per heavy atom. The van der Waals surface area contributed by atoms with Gasteiger partial charge in [-0.05, 0) is 56.8 Å². The van der Waals surface area contributed by atoms with Crippen molar-refractivity contribution in [3.8, 4) is 0 Å². The van der Waals surface area contributed by atoms with Crippen molar-refractivity contribution in [3.05, 3.63) is 60.2 Å². The van der Waals surface area contributed by atoms with Gasteiger partial charge in [0, 0.05) is 5.69 Å². The maximum Gasteiger partial charge on any atom is 0.494 e. The molecule has 2 N–H and O–H groups in total. The summed E-state index contributed by atoms with van der Waals surface area (Å²) < 4.78 is 17.5. The van der Waals surface area contributed by atoms with Gasteiger partial charge in [0.1, 0.15) is 12.6 Å². The van der Waals surface area contributed by atoms with Crippen LogP contribution in [0.25, 0.3) is 0 Å². The minimum absolute atomic E-state index is 0.134. The number of carbonyl (C=O) groups excluding carboxylic acids is 2. The largest absolute Gasteiger partial charge is 0.494 e. The number of hydrogen-bond acceptors (Lipinski definition) is 5. The molecule has 2 amide bonds. The molecule has 2 aromatic rings. The Balaban J connectivity index is 1.62. The zero-order valence-corrected chi connectivity index (χ0v) is 20.2. The van der Waals surface area contributed by atoms with Crippen molar-refractivity contribution in [2.75, 3.05) is 5.32 Å². The fourth-order valence-corrected chi connectivity index (χ4v) is 3.39. The average molecular weight is 452 g/mol. The lowest BCUT2D eigenvalue weighted by molar-refractivity contribution is -0.119. The van der Waals surface area contributed by atoms with Crippen LogP contribution in [0.1, 0.15) is 47.1 Å². The Kier molecular flexibility index (Phi) is 7.49. The second-order valence-corrected chi connectivity index (χ2v) is 9.63. The Bertz CT molecular complexity index is 962. The lowest BCUT2D eigenvalue weighted by atomic mass is 9.79. The van der Waals surface area contributed by atoms with E-state index in [0.717, 1.165) is 11.0 Å². The van der Waals surface area contributed by atoms with E-state index in [1.807, 2.05) is 90.1 Å². The summed E-state index contributed by atoms with van der Waals surface area (Å²) in [4.78, 5) is 25.3. The summed E-state index contributed by atoms with van der Waals surface area (Å²) >= 11 is 0. The number of carbonyl (C=O) groups is 2. The molecule has 0 aliphatic carbocycles. The van der Waals surface area contributed by atoms with Gasteiger partial charge < -0.3 is 24.7 Å². The fraction of sp³-hybridized carbons (Fsp3) is 0.440. The third-order valence-corrected chi connectivity index (χ3v) is 6.11. The minimum atomic E-state index is -0.756. The van der Waals surface area contributed by atoms with E-state index in [4.69, 9.17) is 14.0 Å². The number of amides is 2. The van der Waals surface area contributed by atoms with Crippen LogP contribution in [0.3, 0.4) is 0 Å². The molecule has 1 fully saturated rings. The highest BCUT2D eigenvalue weighted by Gasteiger charge is 2.51. The van der Waals surface area contributed by atoms with Crippen LogP contribution < -0.4 is 16.1 Å². The van der Waals surface area contributed by atoms with E-state index >= 15 is 0 Å². The number of alkyl carbamates (subject to hydrolysis) is 1. The van der Waals surface area contributed by atoms with E-state index in [0.29, 0.717) is 5.69 Å². The number of anilines is 1. The van der Waals surface area contributed by atoms with E-state index in [2.05, 4.69) is 10.6 Å². The van der Waals surface area contributed by atoms with Gasteiger partial charge in [0.2, 0.25) is 5.91 Å². The predicted octanol–water partition coefficient (Wildman–Crippen LogP) is 3.88. The first kappa shape index (κ1) is 24.8. The van der Waals surface area contributed by atoms with Crippen molar-refractivity contribution in [2.45, 2.75) is 65.4 Å². The van der Waals surface area contributed by atoms with Gasteiger partial charge in [-0.25, -0.2) is 4.79 Å². The molecule has 1 aliphatic rings. The van der Waals surface area contributed by atoms with Gasteiger partial charge in [-0.1, -0.05) is 56.3 Å². The maximum atomic E-state index is 13.0. The van der Waals surface area contributed by atoms with Crippen LogP contribution in [0.4, 0.5) is 10.5 Å². The molecule has 2 aromatic carbocycles. The molecule has 1 heterocycles. The molecular formula is C25H33BN2O5. The molecule has 0 bridgehead atoms. The first-order valence-electron chi connectivity index (χ1n) is 11.2. The summed E-state index contributed by atoms with van der Waals surface area (Å²) in [5.41, 5.74) is 1.37. The smallest absolute Gasteiger partial charge is 0.445 e. The summed E-state index contributed by atoms with van der Waals surface area (Å²) in [6.07, 6.45) is -0.640. The monoisotopic (exact) mass is 452 g/mol. The topological polar surface area (TPSA) is 85.9 Å². The first-order valence-corrected chi connectivity index (χ1v) is 11.2. The lowest BCUT2D eigenvalue weighted by Crippen LogP contribution is -2.47. The predicted molar refractivity (Wildman–Crippen MR) is 129 cm³/mol. The number of hydrogen-bond donors (Lipinski definition) is 2. The van der Waals surface area contributed by atoms with Crippen molar-refractivity contribution < 1.29 is 23.6 Å². The van der Waals surface area contributed by atoms with Crippen LogP contribution in [-0.2, 0) is 25.4 Å². The zero-order chi connectivity index (χ0) is 24.2. The van der Waals surface area contributed by atoms with Gasteiger partial charge in [0.05, 0.1) is 11.2 Å². The van der Waals surface area contributed by atoms with Crippen molar-refractivity contribution in [1.29, 1.82) is 0 Å². The summed E-state index contributed by atoms with van der Waals surface area (Å²) in [5, 5.41) is 5.56. The zero-order valence-electron chi connectivity index (χ0n) is 20.2. The average Bonchev–Trinajstić information content (AvgIpc) is 2.98. The highest BCUT2D eigenvalue weighted by atomic mass is 16.7. The van der Waals surface area contributed by atoms with Crippen LogP contribution in [0.5, 0.6) is 0 Å². The molecule has 3 rings (SSSR count). The number of ether oxygens (including phenoxy) is 1. The molecule has 8 heteroatoms. The summed E-state index contributed by atoms with van der Waals surface area (Å²) in [6, 6.07) is 16.0. The van der Waals surface area contributed by atoms with Crippen LogP contribution in [0, 0.1) is 5.92 Å². The van der Waals surface area contributed by atoms with Crippen molar-refractivity contribution in [1.82, 2.24) is 5.32 Å². The number of benzene rings is 2. The molecule has 0 radical (unpaired) electrons. The van der Waals surface area contributed by atoms with Gasteiger partial charge >= 0.3 is 13.2 Å². The van der Waals surface area contributed by atoms with E-state index in [1.165, 1.54) is 0 Å². The standard InChI is InChI=1S/C25H33BN2O5/c1-17(2)21(28-23(30)31-16-18-11-8-7-9-12-18)22(29)27-20-14-10-13-19(15-20)26-32-24(3,4)25(5,6)33-26/h7-15,17,21H,16H2,1-6H3,(H,27,29)(H,28,30). The molecule has 176 valence electrons. The molecule has 1 atom stereocenters. The van der Waals surface area contributed by atoms with Gasteiger partial charge in [0.15, 0.2) is 0 Å².